The Bertz CT molecular complexity index is 840. The molecule has 5 nitrogen and oxygen atoms in total. The molecule has 0 saturated carbocycles. The van der Waals surface area contributed by atoms with E-state index in [2.05, 4.69) is 52.5 Å². The summed E-state index contributed by atoms with van der Waals surface area (Å²) in [5.41, 5.74) is 4.93. The van der Waals surface area contributed by atoms with Crippen molar-refractivity contribution in [2.75, 3.05) is 5.32 Å². The zero-order chi connectivity index (χ0) is 15.5. The minimum absolute atomic E-state index is 0.516. The molecule has 0 spiro atoms. The molecular weight excluding hydrogens is 274 g/mol. The molecule has 1 heterocycles. The molecule has 2 N–H and O–H groups in total. The molecule has 3 rings (SSSR count). The van der Waals surface area contributed by atoms with Crippen molar-refractivity contribution in [2.24, 2.45) is 0 Å². The van der Waals surface area contributed by atoms with E-state index >= 15 is 0 Å². The van der Waals surface area contributed by atoms with Crippen molar-refractivity contribution in [2.45, 2.75) is 13.8 Å². The maximum absolute atomic E-state index is 8.81. The van der Waals surface area contributed by atoms with Crippen LogP contribution in [-0.2, 0) is 0 Å². The number of aryl methyl sites for hydroxylation is 2. The fourth-order valence-electron chi connectivity index (χ4n) is 2.10. The highest BCUT2D eigenvalue weighted by atomic mass is 15.3. The lowest BCUT2D eigenvalue weighted by atomic mass is 10.1. The molecule has 0 bridgehead atoms. The molecule has 0 amide bonds. The van der Waals surface area contributed by atoms with E-state index in [0.717, 1.165) is 11.3 Å². The monoisotopic (exact) mass is 289 g/mol. The van der Waals surface area contributed by atoms with E-state index in [9.17, 15) is 0 Å². The lowest BCUT2D eigenvalue weighted by Crippen LogP contribution is -1.93. The normalized spacial score (nSPS) is 10.2. The molecule has 108 valence electrons. The van der Waals surface area contributed by atoms with E-state index in [1.165, 1.54) is 11.1 Å². The second-order valence-electron chi connectivity index (χ2n) is 5.12. The molecule has 0 atom stereocenters. The van der Waals surface area contributed by atoms with Gasteiger partial charge in [0.2, 0.25) is 5.95 Å². The van der Waals surface area contributed by atoms with Gasteiger partial charge in [-0.15, -0.1) is 5.10 Å². The Kier molecular flexibility index (Phi) is 3.58. The van der Waals surface area contributed by atoms with Gasteiger partial charge < -0.3 is 5.32 Å². The van der Waals surface area contributed by atoms with Gasteiger partial charge in [0.15, 0.2) is 5.82 Å². The fraction of sp³-hybridized carbons (Fsp3) is 0.118. The third-order valence-electron chi connectivity index (χ3n) is 3.54. The Morgan fingerprint density at radius 2 is 1.82 bits per heavy atom. The molecule has 3 aromatic rings. The maximum atomic E-state index is 8.81. The van der Waals surface area contributed by atoms with Gasteiger partial charge in [-0.2, -0.15) is 10.2 Å². The average Bonchev–Trinajstić information content (AvgIpc) is 2.99. The van der Waals surface area contributed by atoms with Gasteiger partial charge in [-0.3, -0.25) is 5.10 Å². The predicted octanol–water partition coefficient (Wildman–Crippen LogP) is 3.70. The van der Waals surface area contributed by atoms with Crippen LogP contribution in [0.15, 0.2) is 42.5 Å². The quantitative estimate of drug-likeness (QED) is 0.770. The topological polar surface area (TPSA) is 77.4 Å². The van der Waals surface area contributed by atoms with Crippen LogP contribution in [0.25, 0.3) is 11.4 Å². The molecule has 0 aliphatic carbocycles. The highest BCUT2D eigenvalue weighted by molar-refractivity contribution is 5.60. The minimum atomic E-state index is 0.516. The zero-order valence-corrected chi connectivity index (χ0v) is 12.4. The molecule has 0 fully saturated rings. The molecule has 0 unspecified atom stereocenters. The molecule has 0 radical (unpaired) electrons. The summed E-state index contributed by atoms with van der Waals surface area (Å²) in [4.78, 5) is 4.42. The summed E-state index contributed by atoms with van der Waals surface area (Å²) < 4.78 is 0. The van der Waals surface area contributed by atoms with Crippen molar-refractivity contribution in [3.05, 3.63) is 59.2 Å². The number of nitrogens with one attached hydrogen (secondary N) is 2. The standard InChI is InChI=1S/C17H15N5/c1-11-3-8-15(9-12(11)2)19-17-20-16(21-22-17)14-6-4-13(10-18)5-7-14/h3-9H,1-2H3,(H2,19,20,21,22). The Morgan fingerprint density at radius 1 is 1.05 bits per heavy atom. The van der Waals surface area contributed by atoms with Gasteiger partial charge in [0.25, 0.3) is 0 Å². The van der Waals surface area contributed by atoms with Crippen LogP contribution in [0.2, 0.25) is 0 Å². The summed E-state index contributed by atoms with van der Waals surface area (Å²) in [5.74, 6) is 1.18. The van der Waals surface area contributed by atoms with E-state index in [1.807, 2.05) is 18.2 Å². The first-order valence-corrected chi connectivity index (χ1v) is 6.93. The van der Waals surface area contributed by atoms with Gasteiger partial charge in [0.1, 0.15) is 0 Å². The van der Waals surface area contributed by atoms with Crippen LogP contribution in [0.3, 0.4) is 0 Å². The SMILES string of the molecule is Cc1ccc(Nc2n[nH]c(-c3ccc(C#N)cc3)n2)cc1C. The van der Waals surface area contributed by atoms with E-state index in [4.69, 9.17) is 5.26 Å². The van der Waals surface area contributed by atoms with Gasteiger partial charge in [0, 0.05) is 11.3 Å². The molecule has 1 aromatic heterocycles. The Hall–Kier alpha value is -3.13. The van der Waals surface area contributed by atoms with Crippen molar-refractivity contribution < 1.29 is 0 Å². The van der Waals surface area contributed by atoms with Crippen molar-refractivity contribution in [3.63, 3.8) is 0 Å². The second kappa shape index (κ2) is 5.70. The van der Waals surface area contributed by atoms with Crippen molar-refractivity contribution in [1.29, 1.82) is 5.26 Å². The first kappa shape index (κ1) is 13.8. The molecule has 2 aromatic carbocycles. The smallest absolute Gasteiger partial charge is 0.246 e. The van der Waals surface area contributed by atoms with Crippen LogP contribution in [0.4, 0.5) is 11.6 Å². The van der Waals surface area contributed by atoms with Gasteiger partial charge in [-0.25, -0.2) is 0 Å². The van der Waals surface area contributed by atoms with E-state index < -0.39 is 0 Å². The summed E-state index contributed by atoms with van der Waals surface area (Å²) in [6.45, 7) is 4.15. The number of nitrogens with zero attached hydrogens (tertiary/aromatic N) is 3. The number of rotatable bonds is 3. The number of hydrogen-bond donors (Lipinski definition) is 2. The van der Waals surface area contributed by atoms with Crippen LogP contribution >= 0.6 is 0 Å². The third kappa shape index (κ3) is 2.81. The zero-order valence-electron chi connectivity index (χ0n) is 12.4. The molecule has 5 heteroatoms. The van der Waals surface area contributed by atoms with E-state index in [-0.39, 0.29) is 0 Å². The first-order chi connectivity index (χ1) is 10.7. The van der Waals surface area contributed by atoms with Crippen LogP contribution in [0.5, 0.6) is 0 Å². The summed E-state index contributed by atoms with van der Waals surface area (Å²) in [6.07, 6.45) is 0. The number of hydrogen-bond acceptors (Lipinski definition) is 4. The van der Waals surface area contributed by atoms with Crippen LogP contribution in [0, 0.1) is 25.2 Å². The summed E-state index contributed by atoms with van der Waals surface area (Å²) in [7, 11) is 0. The number of H-pyrrole nitrogens is 1. The maximum Gasteiger partial charge on any atom is 0.246 e. The van der Waals surface area contributed by atoms with Gasteiger partial charge in [0.05, 0.1) is 11.6 Å². The summed E-state index contributed by atoms with van der Waals surface area (Å²) >= 11 is 0. The van der Waals surface area contributed by atoms with Crippen molar-refractivity contribution in [1.82, 2.24) is 15.2 Å². The van der Waals surface area contributed by atoms with Crippen LogP contribution in [-0.4, -0.2) is 15.2 Å². The number of benzene rings is 2. The second-order valence-corrected chi connectivity index (χ2v) is 5.12. The highest BCUT2D eigenvalue weighted by Gasteiger charge is 2.06. The Morgan fingerprint density at radius 3 is 2.50 bits per heavy atom. The number of nitriles is 1. The van der Waals surface area contributed by atoms with Crippen LogP contribution in [0.1, 0.15) is 16.7 Å². The fourth-order valence-corrected chi connectivity index (χ4v) is 2.10. The molecule has 0 aliphatic heterocycles. The number of anilines is 2. The lowest BCUT2D eigenvalue weighted by molar-refractivity contribution is 1.10. The van der Waals surface area contributed by atoms with Gasteiger partial charge in [-0.05, 0) is 61.4 Å². The minimum Gasteiger partial charge on any atom is -0.323 e. The first-order valence-electron chi connectivity index (χ1n) is 6.93. The van der Waals surface area contributed by atoms with Gasteiger partial charge in [-0.1, -0.05) is 6.07 Å². The largest absolute Gasteiger partial charge is 0.323 e. The predicted molar refractivity (Wildman–Crippen MR) is 85.7 cm³/mol. The van der Waals surface area contributed by atoms with E-state index in [0.29, 0.717) is 17.3 Å². The van der Waals surface area contributed by atoms with E-state index in [1.54, 1.807) is 12.1 Å². The lowest BCUT2D eigenvalue weighted by Gasteiger charge is -2.05. The summed E-state index contributed by atoms with van der Waals surface area (Å²) in [5, 5.41) is 19.1. The average molecular weight is 289 g/mol. The molecular formula is C17H15N5. The van der Waals surface area contributed by atoms with Crippen molar-refractivity contribution in [3.8, 4) is 17.5 Å². The molecule has 0 aliphatic rings. The third-order valence-corrected chi connectivity index (χ3v) is 3.54. The number of aromatic amines is 1. The van der Waals surface area contributed by atoms with Crippen molar-refractivity contribution >= 4 is 11.6 Å². The summed E-state index contributed by atoms with van der Waals surface area (Å²) in [6, 6.07) is 15.4. The van der Waals surface area contributed by atoms with Gasteiger partial charge >= 0.3 is 0 Å². The molecule has 22 heavy (non-hydrogen) atoms. The Labute approximate surface area is 128 Å². The van der Waals surface area contributed by atoms with Crippen LogP contribution < -0.4 is 5.32 Å². The highest BCUT2D eigenvalue weighted by Crippen LogP contribution is 2.20. The number of aromatic nitrogens is 3. The Balaban J connectivity index is 1.81. The molecule has 0 saturated heterocycles.